The molecule has 0 bridgehead atoms. The maximum atomic E-state index is 12.9. The van der Waals surface area contributed by atoms with Crippen LogP contribution >= 0.6 is 0 Å². The molecule has 1 aromatic carbocycles. The number of rotatable bonds is 5. The van der Waals surface area contributed by atoms with Crippen LogP contribution in [-0.2, 0) is 10.0 Å². The lowest BCUT2D eigenvalue weighted by Gasteiger charge is -2.36. The molecule has 30 heavy (non-hydrogen) atoms. The number of carbonyl (C=O) groups excluding carboxylic acids is 1. The molecule has 2 saturated heterocycles. The molecule has 0 aromatic heterocycles. The van der Waals surface area contributed by atoms with Crippen molar-refractivity contribution < 1.29 is 13.2 Å². The van der Waals surface area contributed by atoms with E-state index < -0.39 is 10.0 Å². The lowest BCUT2D eigenvalue weighted by Crippen LogP contribution is -2.49. The van der Waals surface area contributed by atoms with Gasteiger partial charge in [0.2, 0.25) is 10.0 Å². The van der Waals surface area contributed by atoms with Gasteiger partial charge in [-0.1, -0.05) is 27.7 Å². The van der Waals surface area contributed by atoms with Crippen molar-refractivity contribution in [2.75, 3.05) is 45.8 Å². The molecule has 0 aliphatic carbocycles. The molecule has 0 unspecified atom stereocenters. The van der Waals surface area contributed by atoms with Crippen LogP contribution in [0.4, 0.5) is 0 Å². The number of hydrogen-bond acceptors (Lipinski definition) is 4. The largest absolute Gasteiger partial charge is 0.336 e. The number of benzene rings is 1. The van der Waals surface area contributed by atoms with Crippen LogP contribution in [-0.4, -0.2) is 74.2 Å². The molecule has 0 spiro atoms. The fourth-order valence-electron chi connectivity index (χ4n) is 3.99. The third kappa shape index (κ3) is 5.83. The van der Waals surface area contributed by atoms with E-state index in [-0.39, 0.29) is 10.8 Å². The van der Waals surface area contributed by atoms with Crippen LogP contribution in [0.3, 0.4) is 0 Å². The SMILES string of the molecule is CC1CCN(S(=O)(=O)c2ccc(C(=O)N3CCN(CCC(C)(C)C)CC3)cc2)CC1. The minimum atomic E-state index is -3.48. The Kier molecular flexibility index (Phi) is 7.25. The number of piperidine rings is 1. The standard InChI is InChI=1S/C23H37N3O3S/c1-19-9-12-26(13-10-19)30(28,29)21-7-5-20(6-8-21)22(27)25-17-15-24(16-18-25)14-11-23(2,3)4/h5-8,19H,9-18H2,1-4H3. The molecule has 1 aromatic rings. The third-order valence-electron chi connectivity index (χ3n) is 6.32. The minimum absolute atomic E-state index is 0.0128. The van der Waals surface area contributed by atoms with Crippen LogP contribution in [0.25, 0.3) is 0 Å². The van der Waals surface area contributed by atoms with E-state index in [1.807, 2.05) is 4.90 Å². The van der Waals surface area contributed by atoms with Crippen molar-refractivity contribution in [3.05, 3.63) is 29.8 Å². The molecule has 2 aliphatic heterocycles. The highest BCUT2D eigenvalue weighted by Crippen LogP contribution is 2.24. The Morgan fingerprint density at radius 2 is 1.53 bits per heavy atom. The highest BCUT2D eigenvalue weighted by molar-refractivity contribution is 7.89. The third-order valence-corrected chi connectivity index (χ3v) is 8.23. The van der Waals surface area contributed by atoms with Crippen LogP contribution in [0.15, 0.2) is 29.2 Å². The fraction of sp³-hybridized carbons (Fsp3) is 0.696. The van der Waals surface area contributed by atoms with Crippen molar-refractivity contribution in [1.29, 1.82) is 0 Å². The van der Waals surface area contributed by atoms with Crippen molar-refractivity contribution in [3.8, 4) is 0 Å². The molecule has 0 atom stereocenters. The summed E-state index contributed by atoms with van der Waals surface area (Å²) in [6, 6.07) is 6.49. The van der Waals surface area contributed by atoms with E-state index in [1.54, 1.807) is 28.6 Å². The summed E-state index contributed by atoms with van der Waals surface area (Å²) in [5.41, 5.74) is 0.881. The van der Waals surface area contributed by atoms with Gasteiger partial charge in [0.25, 0.3) is 5.91 Å². The van der Waals surface area contributed by atoms with Gasteiger partial charge in [-0.2, -0.15) is 4.31 Å². The normalized spacial score (nSPS) is 20.5. The lowest BCUT2D eigenvalue weighted by molar-refractivity contribution is 0.0623. The summed E-state index contributed by atoms with van der Waals surface area (Å²) in [5, 5.41) is 0. The van der Waals surface area contributed by atoms with Crippen molar-refractivity contribution in [1.82, 2.24) is 14.1 Å². The summed E-state index contributed by atoms with van der Waals surface area (Å²) >= 11 is 0. The Balaban J connectivity index is 1.57. The summed E-state index contributed by atoms with van der Waals surface area (Å²) in [7, 11) is -3.48. The number of nitrogens with zero attached hydrogens (tertiary/aromatic N) is 3. The van der Waals surface area contributed by atoms with Crippen LogP contribution in [0, 0.1) is 11.3 Å². The molecule has 2 aliphatic rings. The highest BCUT2D eigenvalue weighted by Gasteiger charge is 2.29. The number of amides is 1. The first-order chi connectivity index (χ1) is 14.1. The molecule has 7 heteroatoms. The van der Waals surface area contributed by atoms with Crippen molar-refractivity contribution in [2.24, 2.45) is 11.3 Å². The summed E-state index contributed by atoms with van der Waals surface area (Å²) in [6.45, 7) is 14.3. The second-order valence-corrected chi connectivity index (χ2v) is 12.0. The van der Waals surface area contributed by atoms with Crippen LogP contribution in [0.5, 0.6) is 0 Å². The van der Waals surface area contributed by atoms with Crippen molar-refractivity contribution in [2.45, 2.75) is 51.9 Å². The van der Waals surface area contributed by atoms with Gasteiger partial charge >= 0.3 is 0 Å². The maximum absolute atomic E-state index is 12.9. The smallest absolute Gasteiger partial charge is 0.253 e. The van der Waals surface area contributed by atoms with Gasteiger partial charge in [0.1, 0.15) is 0 Å². The van der Waals surface area contributed by atoms with Gasteiger partial charge in [-0.15, -0.1) is 0 Å². The van der Waals surface area contributed by atoms with Gasteiger partial charge in [-0.25, -0.2) is 8.42 Å². The van der Waals surface area contributed by atoms with E-state index >= 15 is 0 Å². The Labute approximate surface area is 182 Å². The first-order valence-corrected chi connectivity index (χ1v) is 12.6. The monoisotopic (exact) mass is 435 g/mol. The molecule has 0 saturated carbocycles. The predicted molar refractivity (Wildman–Crippen MR) is 120 cm³/mol. The summed E-state index contributed by atoms with van der Waals surface area (Å²) in [6.07, 6.45) is 2.95. The number of sulfonamides is 1. The topological polar surface area (TPSA) is 60.9 Å². The average molecular weight is 436 g/mol. The van der Waals surface area contributed by atoms with Crippen molar-refractivity contribution >= 4 is 15.9 Å². The zero-order chi connectivity index (χ0) is 21.9. The predicted octanol–water partition coefficient (Wildman–Crippen LogP) is 3.30. The maximum Gasteiger partial charge on any atom is 0.253 e. The Bertz CT molecular complexity index is 814. The van der Waals surface area contributed by atoms with E-state index in [9.17, 15) is 13.2 Å². The average Bonchev–Trinajstić information content (AvgIpc) is 2.72. The van der Waals surface area contributed by atoms with Crippen molar-refractivity contribution in [3.63, 3.8) is 0 Å². The van der Waals surface area contributed by atoms with Crippen LogP contribution in [0.2, 0.25) is 0 Å². The zero-order valence-corrected chi connectivity index (χ0v) is 19.7. The Hall–Kier alpha value is -1.44. The van der Waals surface area contributed by atoms with E-state index in [0.29, 0.717) is 30.0 Å². The molecule has 2 fully saturated rings. The first kappa shape index (κ1) is 23.2. The molecular formula is C23H37N3O3S. The summed E-state index contributed by atoms with van der Waals surface area (Å²) in [4.78, 5) is 17.4. The van der Waals surface area contributed by atoms with Gasteiger partial charge in [0.15, 0.2) is 0 Å². The van der Waals surface area contributed by atoms with E-state index in [2.05, 4.69) is 32.6 Å². The second-order valence-electron chi connectivity index (χ2n) is 10.1. The van der Waals surface area contributed by atoms with Crippen LogP contribution < -0.4 is 0 Å². The van der Waals surface area contributed by atoms with Gasteiger partial charge in [-0.3, -0.25) is 9.69 Å². The molecule has 0 N–H and O–H groups in total. The van der Waals surface area contributed by atoms with Gasteiger partial charge in [0.05, 0.1) is 4.90 Å². The van der Waals surface area contributed by atoms with E-state index in [0.717, 1.165) is 52.0 Å². The number of carbonyl (C=O) groups is 1. The lowest BCUT2D eigenvalue weighted by atomic mass is 9.92. The molecule has 168 valence electrons. The van der Waals surface area contributed by atoms with Crippen LogP contribution in [0.1, 0.15) is 57.3 Å². The minimum Gasteiger partial charge on any atom is -0.336 e. The van der Waals surface area contributed by atoms with E-state index in [1.165, 1.54) is 0 Å². The highest BCUT2D eigenvalue weighted by atomic mass is 32.2. The van der Waals surface area contributed by atoms with Gasteiger partial charge in [0, 0.05) is 44.8 Å². The fourth-order valence-corrected chi connectivity index (χ4v) is 5.46. The first-order valence-electron chi connectivity index (χ1n) is 11.2. The number of piperazine rings is 1. The van der Waals surface area contributed by atoms with Gasteiger partial charge < -0.3 is 4.90 Å². The summed E-state index contributed by atoms with van der Waals surface area (Å²) < 4.78 is 27.3. The van der Waals surface area contributed by atoms with Gasteiger partial charge in [-0.05, 0) is 61.4 Å². The summed E-state index contributed by atoms with van der Waals surface area (Å²) in [5.74, 6) is 0.562. The number of hydrogen-bond donors (Lipinski definition) is 0. The molecule has 6 nitrogen and oxygen atoms in total. The Morgan fingerprint density at radius 3 is 2.07 bits per heavy atom. The molecular weight excluding hydrogens is 398 g/mol. The molecule has 2 heterocycles. The zero-order valence-electron chi connectivity index (χ0n) is 18.9. The molecule has 3 rings (SSSR count). The van der Waals surface area contributed by atoms with E-state index in [4.69, 9.17) is 0 Å². The quantitative estimate of drug-likeness (QED) is 0.712. The molecule has 0 radical (unpaired) electrons. The second kappa shape index (κ2) is 9.37. The Morgan fingerprint density at radius 1 is 0.967 bits per heavy atom. The molecule has 1 amide bonds.